The third kappa shape index (κ3) is 2.50. The number of hydrogen-bond acceptors (Lipinski definition) is 0. The Balaban J connectivity index is 4.18. The topological polar surface area (TPSA) is 0 Å². The molecule has 0 radical (unpaired) electrons. The van der Waals surface area contributed by atoms with Gasteiger partial charge in [-0.25, -0.2) is 0 Å². The van der Waals surface area contributed by atoms with Crippen molar-refractivity contribution in [1.29, 1.82) is 0 Å². The van der Waals surface area contributed by atoms with Crippen LogP contribution in [0.1, 0.15) is 33.6 Å². The Morgan fingerprint density at radius 1 is 1.33 bits per heavy atom. The van der Waals surface area contributed by atoms with E-state index in [0.29, 0.717) is 0 Å². The lowest BCUT2D eigenvalue weighted by molar-refractivity contribution is 1.02. The molecule has 0 N–H and O–H groups in total. The van der Waals surface area contributed by atoms with Gasteiger partial charge in [0.25, 0.3) is 0 Å². The fourth-order valence-electron chi connectivity index (χ4n) is 0.847. The van der Waals surface area contributed by atoms with Crippen molar-refractivity contribution in [2.24, 2.45) is 0 Å². The molecule has 0 saturated carbocycles. The minimum absolute atomic E-state index is 1.11. The molecule has 0 aromatic heterocycles. The summed E-state index contributed by atoms with van der Waals surface area (Å²) in [6.45, 7) is 10.2. The van der Waals surface area contributed by atoms with Crippen LogP contribution in [0.25, 0.3) is 0 Å². The van der Waals surface area contributed by atoms with Gasteiger partial charge in [-0.3, -0.25) is 0 Å². The van der Waals surface area contributed by atoms with E-state index in [1.807, 2.05) is 6.08 Å². The Bertz CT molecular complexity index is 118. The van der Waals surface area contributed by atoms with Crippen molar-refractivity contribution >= 4 is 0 Å². The van der Waals surface area contributed by atoms with Gasteiger partial charge in [-0.1, -0.05) is 32.1 Å². The SMILES string of the molecule is C=C/C(CC)=C(/C)CC. The molecule has 9 heavy (non-hydrogen) atoms. The first kappa shape index (κ1) is 8.48. The zero-order valence-corrected chi connectivity index (χ0v) is 6.70. The van der Waals surface area contributed by atoms with E-state index in [1.165, 1.54) is 11.1 Å². The third-order valence-corrected chi connectivity index (χ3v) is 1.71. The van der Waals surface area contributed by atoms with Gasteiger partial charge in [-0.05, 0) is 25.3 Å². The second-order valence-electron chi connectivity index (χ2n) is 2.22. The van der Waals surface area contributed by atoms with Crippen LogP contribution < -0.4 is 0 Å². The van der Waals surface area contributed by atoms with Gasteiger partial charge in [0.2, 0.25) is 0 Å². The molecular weight excluding hydrogens is 108 g/mol. The maximum absolute atomic E-state index is 3.74. The Labute approximate surface area is 58.3 Å². The highest BCUT2D eigenvalue weighted by atomic mass is 14.0. The van der Waals surface area contributed by atoms with Crippen LogP contribution in [0.2, 0.25) is 0 Å². The van der Waals surface area contributed by atoms with Crippen LogP contribution in [0.4, 0.5) is 0 Å². The van der Waals surface area contributed by atoms with Crippen molar-refractivity contribution in [2.75, 3.05) is 0 Å². The minimum atomic E-state index is 1.11. The first-order valence-corrected chi connectivity index (χ1v) is 3.57. The molecule has 0 nitrogen and oxygen atoms in total. The molecule has 0 aromatic carbocycles. The summed E-state index contributed by atoms with van der Waals surface area (Å²) in [6.07, 6.45) is 4.22. The van der Waals surface area contributed by atoms with E-state index in [-0.39, 0.29) is 0 Å². The van der Waals surface area contributed by atoms with Gasteiger partial charge in [0, 0.05) is 0 Å². The molecule has 0 saturated heterocycles. The molecule has 52 valence electrons. The van der Waals surface area contributed by atoms with E-state index in [9.17, 15) is 0 Å². The van der Waals surface area contributed by atoms with Crippen LogP contribution in [-0.4, -0.2) is 0 Å². The summed E-state index contributed by atoms with van der Waals surface area (Å²) in [7, 11) is 0. The molecule has 0 unspecified atom stereocenters. The molecule has 0 aliphatic carbocycles. The normalized spacial score (nSPS) is 12.8. The van der Waals surface area contributed by atoms with E-state index in [1.54, 1.807) is 0 Å². The Kier molecular flexibility index (Phi) is 4.12. The van der Waals surface area contributed by atoms with Crippen LogP contribution in [0, 0.1) is 0 Å². The second-order valence-corrected chi connectivity index (χ2v) is 2.22. The molecule has 0 heteroatoms. The van der Waals surface area contributed by atoms with Gasteiger partial charge >= 0.3 is 0 Å². The lowest BCUT2D eigenvalue weighted by Crippen LogP contribution is -1.80. The van der Waals surface area contributed by atoms with Gasteiger partial charge in [-0.2, -0.15) is 0 Å². The highest BCUT2D eigenvalue weighted by Gasteiger charge is 1.90. The zero-order chi connectivity index (χ0) is 7.28. The Hall–Kier alpha value is -0.520. The van der Waals surface area contributed by atoms with E-state index in [2.05, 4.69) is 27.4 Å². The lowest BCUT2D eigenvalue weighted by atomic mass is 10.1. The van der Waals surface area contributed by atoms with E-state index in [4.69, 9.17) is 0 Å². The molecule has 0 rings (SSSR count). The molecule has 0 aliphatic rings. The predicted octanol–water partition coefficient (Wildman–Crippen LogP) is 3.31. The minimum Gasteiger partial charge on any atom is -0.0988 e. The van der Waals surface area contributed by atoms with E-state index in [0.717, 1.165) is 12.8 Å². The van der Waals surface area contributed by atoms with Gasteiger partial charge in [0.05, 0.1) is 0 Å². The number of hydrogen-bond donors (Lipinski definition) is 0. The second kappa shape index (κ2) is 4.37. The number of rotatable bonds is 3. The summed E-state index contributed by atoms with van der Waals surface area (Å²) in [4.78, 5) is 0. The van der Waals surface area contributed by atoms with Crippen molar-refractivity contribution in [3.05, 3.63) is 23.8 Å². The van der Waals surface area contributed by atoms with Crippen molar-refractivity contribution < 1.29 is 0 Å². The predicted molar refractivity (Wildman–Crippen MR) is 43.5 cm³/mol. The first-order valence-electron chi connectivity index (χ1n) is 3.57. The molecule has 0 heterocycles. The van der Waals surface area contributed by atoms with Crippen LogP contribution in [-0.2, 0) is 0 Å². The fourth-order valence-corrected chi connectivity index (χ4v) is 0.847. The maximum Gasteiger partial charge on any atom is -0.0308 e. The van der Waals surface area contributed by atoms with Crippen LogP contribution >= 0.6 is 0 Å². The summed E-state index contributed by atoms with van der Waals surface area (Å²) >= 11 is 0. The van der Waals surface area contributed by atoms with Crippen molar-refractivity contribution in [3.63, 3.8) is 0 Å². The van der Waals surface area contributed by atoms with Crippen LogP contribution in [0.5, 0.6) is 0 Å². The maximum atomic E-state index is 3.74. The quantitative estimate of drug-likeness (QED) is 0.506. The van der Waals surface area contributed by atoms with Crippen LogP contribution in [0.15, 0.2) is 23.8 Å². The van der Waals surface area contributed by atoms with Gasteiger partial charge in [0.1, 0.15) is 0 Å². The average Bonchev–Trinajstić information content (AvgIpc) is 1.90. The Morgan fingerprint density at radius 2 is 1.89 bits per heavy atom. The molecule has 0 aliphatic heterocycles. The molecule has 0 spiro atoms. The first-order chi connectivity index (χ1) is 4.26. The summed E-state index contributed by atoms with van der Waals surface area (Å²) in [5.41, 5.74) is 2.87. The van der Waals surface area contributed by atoms with Crippen molar-refractivity contribution in [3.8, 4) is 0 Å². The molecule has 0 fully saturated rings. The average molecular weight is 124 g/mol. The molecular formula is C9H16. The smallest absolute Gasteiger partial charge is 0.0308 e. The summed E-state index contributed by atoms with van der Waals surface area (Å²) < 4.78 is 0. The largest absolute Gasteiger partial charge is 0.0988 e. The number of allylic oxidation sites excluding steroid dienone is 3. The molecule has 0 atom stereocenters. The van der Waals surface area contributed by atoms with Gasteiger partial charge in [-0.15, -0.1) is 0 Å². The summed E-state index contributed by atoms with van der Waals surface area (Å²) in [5.74, 6) is 0. The zero-order valence-electron chi connectivity index (χ0n) is 6.70. The highest BCUT2D eigenvalue weighted by molar-refractivity contribution is 5.21. The van der Waals surface area contributed by atoms with E-state index >= 15 is 0 Å². The summed E-state index contributed by atoms with van der Waals surface area (Å²) in [6, 6.07) is 0. The highest BCUT2D eigenvalue weighted by Crippen LogP contribution is 2.11. The van der Waals surface area contributed by atoms with Gasteiger partial charge in [0.15, 0.2) is 0 Å². The fraction of sp³-hybridized carbons (Fsp3) is 0.556. The molecule has 0 aromatic rings. The summed E-state index contributed by atoms with van der Waals surface area (Å²) in [5, 5.41) is 0. The van der Waals surface area contributed by atoms with E-state index < -0.39 is 0 Å². The molecule has 0 bridgehead atoms. The van der Waals surface area contributed by atoms with Gasteiger partial charge < -0.3 is 0 Å². The van der Waals surface area contributed by atoms with Crippen LogP contribution in [0.3, 0.4) is 0 Å². The van der Waals surface area contributed by atoms with Crippen molar-refractivity contribution in [2.45, 2.75) is 33.6 Å². The monoisotopic (exact) mass is 124 g/mol. The van der Waals surface area contributed by atoms with Crippen molar-refractivity contribution in [1.82, 2.24) is 0 Å². The third-order valence-electron chi connectivity index (χ3n) is 1.71. The standard InChI is InChI=1S/C9H16/c1-5-8(4)9(6-2)7-3/h6H,2,5,7H2,1,3-4H3/b9-8+. The Morgan fingerprint density at radius 3 is 2.00 bits per heavy atom. The molecule has 0 amide bonds. The lowest BCUT2D eigenvalue weighted by Gasteiger charge is -2.00.